The van der Waals surface area contributed by atoms with Gasteiger partial charge in [0.25, 0.3) is 0 Å². The summed E-state index contributed by atoms with van der Waals surface area (Å²) < 4.78 is 2.13. The van der Waals surface area contributed by atoms with Crippen molar-refractivity contribution in [3.05, 3.63) is 71.0 Å². The number of ketones is 1. The second-order valence-corrected chi connectivity index (χ2v) is 9.37. The summed E-state index contributed by atoms with van der Waals surface area (Å²) >= 11 is 1.42. The van der Waals surface area contributed by atoms with E-state index in [0.29, 0.717) is 24.9 Å². The second kappa shape index (κ2) is 10.3. The molecule has 1 aromatic heterocycles. The summed E-state index contributed by atoms with van der Waals surface area (Å²) in [7, 11) is 4.09. The number of carbonyl (C=O) groups is 2. The van der Waals surface area contributed by atoms with Gasteiger partial charge in [0.1, 0.15) is 0 Å². The molecule has 1 aliphatic heterocycles. The number of nitrogens with zero attached hydrogens (tertiary/aromatic N) is 4. The van der Waals surface area contributed by atoms with E-state index in [-0.39, 0.29) is 23.5 Å². The van der Waals surface area contributed by atoms with Crippen molar-refractivity contribution < 1.29 is 9.59 Å². The Kier molecular flexibility index (Phi) is 7.25. The predicted molar refractivity (Wildman–Crippen MR) is 131 cm³/mol. The van der Waals surface area contributed by atoms with Gasteiger partial charge >= 0.3 is 0 Å². The Hall–Kier alpha value is -2.97. The van der Waals surface area contributed by atoms with Crippen LogP contribution in [0.15, 0.2) is 53.7 Å². The number of aryl methyl sites for hydroxylation is 1. The molecule has 4 rings (SSSR count). The predicted octanol–water partition coefficient (Wildman–Crippen LogP) is 4.20. The smallest absolute Gasteiger partial charge is 0.224 e. The van der Waals surface area contributed by atoms with Gasteiger partial charge in [-0.25, -0.2) is 0 Å². The third-order valence-corrected chi connectivity index (χ3v) is 6.86. The van der Waals surface area contributed by atoms with Crippen LogP contribution in [0.4, 0.5) is 5.69 Å². The minimum atomic E-state index is 0.0220. The Balaban J connectivity index is 1.54. The number of hydrogen-bond donors (Lipinski definition) is 1. The van der Waals surface area contributed by atoms with Crippen LogP contribution in [0.2, 0.25) is 0 Å². The van der Waals surface area contributed by atoms with Gasteiger partial charge in [0, 0.05) is 17.7 Å². The average Bonchev–Trinajstić information content (AvgIpc) is 3.20. The van der Waals surface area contributed by atoms with Crippen LogP contribution in [0.1, 0.15) is 53.1 Å². The summed E-state index contributed by atoms with van der Waals surface area (Å²) in [5.41, 5.74) is 3.64. The molecule has 0 spiro atoms. The minimum absolute atomic E-state index is 0.0220. The zero-order valence-corrected chi connectivity index (χ0v) is 20.1. The molecule has 3 aromatic rings. The number of Topliss-reactive ketones (excluding diaryl/α,β-unsaturated/α-hetero) is 1. The van der Waals surface area contributed by atoms with Crippen LogP contribution < -0.4 is 5.32 Å². The molecule has 0 aliphatic carbocycles. The number of hydrogen-bond acceptors (Lipinski definition) is 6. The van der Waals surface area contributed by atoms with Crippen molar-refractivity contribution >= 4 is 29.1 Å². The second-order valence-electron chi connectivity index (χ2n) is 8.43. The van der Waals surface area contributed by atoms with Gasteiger partial charge in [0.15, 0.2) is 16.8 Å². The molecule has 1 aliphatic rings. The average molecular weight is 464 g/mol. The number of carbonyl (C=O) groups excluding carboxylic acids is 2. The Labute approximate surface area is 198 Å². The molecule has 1 atom stereocenters. The maximum absolute atomic E-state index is 13.0. The first-order valence-electron chi connectivity index (χ1n) is 11.2. The third kappa shape index (κ3) is 5.34. The van der Waals surface area contributed by atoms with E-state index in [4.69, 9.17) is 0 Å². The first-order chi connectivity index (χ1) is 16.0. The summed E-state index contributed by atoms with van der Waals surface area (Å²) in [6.07, 6.45) is 2.03. The Bertz CT molecular complexity index is 1140. The molecule has 172 valence electrons. The molecule has 2 aromatic carbocycles. The molecule has 33 heavy (non-hydrogen) atoms. The maximum atomic E-state index is 13.0. The molecular weight excluding hydrogens is 434 g/mol. The lowest BCUT2D eigenvalue weighted by Gasteiger charge is -2.23. The highest BCUT2D eigenvalue weighted by Gasteiger charge is 2.23. The molecule has 2 heterocycles. The van der Waals surface area contributed by atoms with Gasteiger partial charge in [0.2, 0.25) is 5.91 Å². The SMILES string of the molecule is CCC(c1nnc(SCC(=O)c2ccc3c(c2)CCC(=O)N3)n1Cc1ccccc1)N(C)C. The number of nitrogens with one attached hydrogen (secondary N) is 1. The van der Waals surface area contributed by atoms with Crippen molar-refractivity contribution in [1.29, 1.82) is 0 Å². The lowest BCUT2D eigenvalue weighted by molar-refractivity contribution is -0.116. The molecule has 0 bridgehead atoms. The molecule has 0 radical (unpaired) electrons. The quantitative estimate of drug-likeness (QED) is 0.378. The molecular formula is C25H29N5O2S. The summed E-state index contributed by atoms with van der Waals surface area (Å²) in [4.78, 5) is 26.7. The number of anilines is 1. The molecule has 7 nitrogen and oxygen atoms in total. The van der Waals surface area contributed by atoms with Gasteiger partial charge in [-0.05, 0) is 56.3 Å². The van der Waals surface area contributed by atoms with Gasteiger partial charge in [-0.3, -0.25) is 14.5 Å². The zero-order valence-electron chi connectivity index (χ0n) is 19.2. The van der Waals surface area contributed by atoms with Crippen LogP contribution >= 0.6 is 11.8 Å². The van der Waals surface area contributed by atoms with Crippen molar-refractivity contribution in [3.8, 4) is 0 Å². The zero-order chi connectivity index (χ0) is 23.4. The first kappa shape index (κ1) is 23.2. The number of rotatable bonds is 9. The number of aromatic nitrogens is 3. The number of thioether (sulfide) groups is 1. The third-order valence-electron chi connectivity index (χ3n) is 5.89. The molecule has 0 saturated carbocycles. The van der Waals surface area contributed by atoms with Gasteiger partial charge in [-0.15, -0.1) is 10.2 Å². The van der Waals surface area contributed by atoms with Crippen LogP contribution in [0, 0.1) is 0 Å². The fraction of sp³-hybridized carbons (Fsp3) is 0.360. The summed E-state index contributed by atoms with van der Waals surface area (Å²) in [6.45, 7) is 2.80. The van der Waals surface area contributed by atoms with Gasteiger partial charge in [-0.2, -0.15) is 0 Å². The number of amides is 1. The van der Waals surface area contributed by atoms with Crippen molar-refractivity contribution in [2.45, 2.75) is 43.9 Å². The highest BCUT2D eigenvalue weighted by atomic mass is 32.2. The van der Waals surface area contributed by atoms with E-state index in [1.807, 2.05) is 44.4 Å². The Morgan fingerprint density at radius 1 is 1.15 bits per heavy atom. The van der Waals surface area contributed by atoms with E-state index in [0.717, 1.165) is 34.2 Å². The van der Waals surface area contributed by atoms with E-state index >= 15 is 0 Å². The van der Waals surface area contributed by atoms with Crippen LogP contribution in [-0.2, 0) is 17.8 Å². The van der Waals surface area contributed by atoms with Gasteiger partial charge in [-0.1, -0.05) is 49.0 Å². The minimum Gasteiger partial charge on any atom is -0.326 e. The van der Waals surface area contributed by atoms with Crippen molar-refractivity contribution in [1.82, 2.24) is 19.7 Å². The Morgan fingerprint density at radius 3 is 2.67 bits per heavy atom. The first-order valence-corrected chi connectivity index (χ1v) is 12.2. The van der Waals surface area contributed by atoms with Crippen molar-refractivity contribution in [3.63, 3.8) is 0 Å². The van der Waals surface area contributed by atoms with Gasteiger partial charge in [0.05, 0.1) is 18.3 Å². The van der Waals surface area contributed by atoms with E-state index < -0.39 is 0 Å². The molecule has 1 amide bonds. The summed E-state index contributed by atoms with van der Waals surface area (Å²) in [6, 6.07) is 15.9. The molecule has 0 saturated heterocycles. The highest BCUT2D eigenvalue weighted by Crippen LogP contribution is 2.28. The molecule has 0 fully saturated rings. The molecule has 8 heteroatoms. The maximum Gasteiger partial charge on any atom is 0.224 e. The van der Waals surface area contributed by atoms with E-state index in [1.165, 1.54) is 11.8 Å². The fourth-order valence-corrected chi connectivity index (χ4v) is 4.96. The normalized spacial score (nSPS) is 14.1. The topological polar surface area (TPSA) is 80.1 Å². The van der Waals surface area contributed by atoms with Crippen LogP contribution in [0.25, 0.3) is 0 Å². The molecule has 1 unspecified atom stereocenters. The van der Waals surface area contributed by atoms with E-state index in [1.54, 1.807) is 6.07 Å². The van der Waals surface area contributed by atoms with Crippen LogP contribution in [-0.4, -0.2) is 51.2 Å². The Morgan fingerprint density at radius 2 is 1.94 bits per heavy atom. The summed E-state index contributed by atoms with van der Waals surface area (Å²) in [5, 5.41) is 12.6. The van der Waals surface area contributed by atoms with E-state index in [9.17, 15) is 9.59 Å². The lowest BCUT2D eigenvalue weighted by Crippen LogP contribution is -2.23. The fourth-order valence-electron chi connectivity index (χ4n) is 4.12. The van der Waals surface area contributed by atoms with Crippen molar-refractivity contribution in [2.75, 3.05) is 25.2 Å². The number of benzene rings is 2. The molecule has 1 N–H and O–H groups in total. The van der Waals surface area contributed by atoms with Gasteiger partial charge < -0.3 is 9.88 Å². The standard InChI is InChI=1S/C25H29N5O2S/c1-4-21(29(2)3)24-27-28-25(30(24)15-17-8-6-5-7-9-17)33-16-22(31)19-10-12-20-18(14-19)11-13-23(32)26-20/h5-10,12,14,21H,4,11,13,15-16H2,1-3H3,(H,26,32). The van der Waals surface area contributed by atoms with Crippen molar-refractivity contribution in [2.24, 2.45) is 0 Å². The largest absolute Gasteiger partial charge is 0.326 e. The lowest BCUT2D eigenvalue weighted by atomic mass is 9.99. The monoisotopic (exact) mass is 463 g/mol. The van der Waals surface area contributed by atoms with Crippen LogP contribution in [0.5, 0.6) is 0 Å². The van der Waals surface area contributed by atoms with E-state index in [2.05, 4.69) is 44.0 Å². The van der Waals surface area contributed by atoms with Crippen LogP contribution in [0.3, 0.4) is 0 Å². The number of fused-ring (bicyclic) bond motifs is 1. The highest BCUT2D eigenvalue weighted by molar-refractivity contribution is 7.99. The summed E-state index contributed by atoms with van der Waals surface area (Å²) in [5.74, 6) is 1.24.